The fourth-order valence-corrected chi connectivity index (χ4v) is 3.53. The molecule has 3 rings (SSSR count). The van der Waals surface area contributed by atoms with Crippen molar-refractivity contribution in [2.75, 3.05) is 17.2 Å². The van der Waals surface area contributed by atoms with E-state index in [0.717, 1.165) is 12.3 Å². The highest BCUT2D eigenvalue weighted by Gasteiger charge is 2.40. The Morgan fingerprint density at radius 2 is 1.95 bits per heavy atom. The molecule has 0 saturated heterocycles. The van der Waals surface area contributed by atoms with Gasteiger partial charge in [-0.15, -0.1) is 0 Å². The number of aromatic nitrogens is 2. The number of hydrogen-bond acceptors (Lipinski definition) is 4. The third-order valence-electron chi connectivity index (χ3n) is 4.41. The lowest BCUT2D eigenvalue weighted by Crippen LogP contribution is -2.27. The largest absolute Gasteiger partial charge is 0.451 e. The third-order valence-corrected chi connectivity index (χ3v) is 4.41. The van der Waals surface area contributed by atoms with Crippen molar-refractivity contribution in [1.29, 1.82) is 0 Å². The van der Waals surface area contributed by atoms with Gasteiger partial charge < -0.3 is 10.6 Å². The van der Waals surface area contributed by atoms with Gasteiger partial charge in [-0.1, -0.05) is 6.42 Å². The fourth-order valence-electron chi connectivity index (χ4n) is 3.53. The van der Waals surface area contributed by atoms with Crippen molar-refractivity contribution in [2.24, 2.45) is 11.8 Å². The topological polar surface area (TPSA) is 49.8 Å². The maximum Gasteiger partial charge on any atom is 0.451 e. The summed E-state index contributed by atoms with van der Waals surface area (Å²) < 4.78 is 38.6. The van der Waals surface area contributed by atoms with E-state index >= 15 is 0 Å². The zero-order chi connectivity index (χ0) is 15.0. The summed E-state index contributed by atoms with van der Waals surface area (Å²) >= 11 is 0. The normalized spacial score (nSPS) is 27.9. The zero-order valence-corrected chi connectivity index (χ0v) is 11.9. The number of fused-ring (bicyclic) bond motifs is 2. The van der Waals surface area contributed by atoms with E-state index < -0.39 is 12.0 Å². The molecular formula is C14H19F3N4. The molecule has 0 radical (unpaired) electrons. The highest BCUT2D eigenvalue weighted by atomic mass is 19.4. The van der Waals surface area contributed by atoms with Gasteiger partial charge in [0.05, 0.1) is 0 Å². The average molecular weight is 300 g/mol. The lowest BCUT2D eigenvalue weighted by atomic mass is 9.95. The minimum Gasteiger partial charge on any atom is -0.370 e. The Morgan fingerprint density at radius 1 is 1.19 bits per heavy atom. The lowest BCUT2D eigenvalue weighted by molar-refractivity contribution is -0.144. The number of anilines is 2. The molecule has 3 atom stereocenters. The molecule has 3 unspecified atom stereocenters. The Morgan fingerprint density at radius 3 is 2.52 bits per heavy atom. The number of alkyl halides is 3. The molecule has 0 amide bonds. The van der Waals surface area contributed by atoms with E-state index in [9.17, 15) is 13.2 Å². The van der Waals surface area contributed by atoms with E-state index in [1.54, 1.807) is 6.07 Å². The van der Waals surface area contributed by atoms with Crippen LogP contribution in [0, 0.1) is 11.8 Å². The molecular weight excluding hydrogens is 281 g/mol. The Labute approximate surface area is 121 Å². The van der Waals surface area contributed by atoms with E-state index in [1.807, 2.05) is 6.92 Å². The van der Waals surface area contributed by atoms with Crippen LogP contribution in [-0.4, -0.2) is 22.6 Å². The first-order valence-corrected chi connectivity index (χ1v) is 7.42. The molecule has 0 aliphatic heterocycles. The molecule has 1 aromatic heterocycles. The van der Waals surface area contributed by atoms with Crippen LogP contribution in [0.5, 0.6) is 0 Å². The molecule has 2 aliphatic carbocycles. The SMILES string of the molecule is CCNc1cc(NC2CC3CCC2C3)nc(C(F)(F)F)n1. The number of nitrogens with one attached hydrogen (secondary N) is 2. The van der Waals surface area contributed by atoms with E-state index in [4.69, 9.17) is 0 Å². The zero-order valence-electron chi connectivity index (χ0n) is 11.9. The summed E-state index contributed by atoms with van der Waals surface area (Å²) in [6.45, 7) is 2.33. The number of rotatable bonds is 4. The van der Waals surface area contributed by atoms with Gasteiger partial charge in [-0.3, -0.25) is 0 Å². The maximum absolute atomic E-state index is 12.9. The van der Waals surface area contributed by atoms with Crippen LogP contribution in [0.2, 0.25) is 0 Å². The van der Waals surface area contributed by atoms with Gasteiger partial charge in [0.1, 0.15) is 11.6 Å². The van der Waals surface area contributed by atoms with E-state index in [2.05, 4.69) is 20.6 Å². The molecule has 2 N–H and O–H groups in total. The molecule has 4 nitrogen and oxygen atoms in total. The van der Waals surface area contributed by atoms with Crippen molar-refractivity contribution in [3.05, 3.63) is 11.9 Å². The molecule has 0 spiro atoms. The minimum atomic E-state index is -4.53. The van der Waals surface area contributed by atoms with Crippen molar-refractivity contribution < 1.29 is 13.2 Å². The van der Waals surface area contributed by atoms with Crippen LogP contribution in [0.15, 0.2) is 6.07 Å². The molecule has 2 aliphatic rings. The van der Waals surface area contributed by atoms with Gasteiger partial charge in [-0.2, -0.15) is 13.2 Å². The monoisotopic (exact) mass is 300 g/mol. The first kappa shape index (κ1) is 14.4. The van der Waals surface area contributed by atoms with Crippen molar-refractivity contribution in [3.8, 4) is 0 Å². The van der Waals surface area contributed by atoms with Crippen LogP contribution in [0.3, 0.4) is 0 Å². The molecule has 2 fully saturated rings. The van der Waals surface area contributed by atoms with Gasteiger partial charge >= 0.3 is 6.18 Å². The van der Waals surface area contributed by atoms with Gasteiger partial charge in [0.25, 0.3) is 0 Å². The van der Waals surface area contributed by atoms with Gasteiger partial charge in [0, 0.05) is 18.7 Å². The summed E-state index contributed by atoms with van der Waals surface area (Å²) in [5, 5.41) is 6.02. The third kappa shape index (κ3) is 3.06. The van der Waals surface area contributed by atoms with Crippen LogP contribution in [0.4, 0.5) is 24.8 Å². The summed E-state index contributed by atoms with van der Waals surface area (Å²) in [6.07, 6.45) is 0.112. The van der Waals surface area contributed by atoms with Crippen molar-refractivity contribution in [1.82, 2.24) is 9.97 Å². The van der Waals surface area contributed by atoms with Crippen LogP contribution in [0.25, 0.3) is 0 Å². The molecule has 1 aromatic rings. The average Bonchev–Trinajstić information content (AvgIpc) is 3.00. The van der Waals surface area contributed by atoms with E-state index in [-0.39, 0.29) is 17.7 Å². The molecule has 21 heavy (non-hydrogen) atoms. The van der Waals surface area contributed by atoms with Gasteiger partial charge in [0.15, 0.2) is 0 Å². The summed E-state index contributed by atoms with van der Waals surface area (Å²) in [5.41, 5.74) is 0. The first-order valence-electron chi connectivity index (χ1n) is 7.42. The fraction of sp³-hybridized carbons (Fsp3) is 0.714. The van der Waals surface area contributed by atoms with Crippen molar-refractivity contribution in [3.63, 3.8) is 0 Å². The highest BCUT2D eigenvalue weighted by molar-refractivity contribution is 5.48. The highest BCUT2D eigenvalue weighted by Crippen LogP contribution is 2.45. The summed E-state index contributed by atoms with van der Waals surface area (Å²) in [5.74, 6) is 0.689. The van der Waals surface area contributed by atoms with Crippen LogP contribution >= 0.6 is 0 Å². The van der Waals surface area contributed by atoms with Gasteiger partial charge in [-0.05, 0) is 38.0 Å². The predicted molar refractivity (Wildman–Crippen MR) is 74.1 cm³/mol. The lowest BCUT2D eigenvalue weighted by Gasteiger charge is -2.24. The predicted octanol–water partition coefficient (Wildman–Crippen LogP) is 3.53. The van der Waals surface area contributed by atoms with Gasteiger partial charge in [0.2, 0.25) is 5.82 Å². The molecule has 2 bridgehead atoms. The van der Waals surface area contributed by atoms with Crippen molar-refractivity contribution in [2.45, 2.75) is 44.8 Å². The molecule has 2 saturated carbocycles. The summed E-state index contributed by atoms with van der Waals surface area (Å²) in [6, 6.07) is 1.80. The number of halogens is 3. The quantitative estimate of drug-likeness (QED) is 0.893. The Hall–Kier alpha value is -1.53. The smallest absolute Gasteiger partial charge is 0.370 e. The Bertz CT molecular complexity index is 517. The Kier molecular flexibility index (Phi) is 3.67. The van der Waals surface area contributed by atoms with Crippen LogP contribution in [-0.2, 0) is 6.18 Å². The molecule has 7 heteroatoms. The standard InChI is InChI=1S/C14H19F3N4/c1-2-18-11-7-12(21-13(20-11)14(15,16)17)19-10-6-8-3-4-9(10)5-8/h7-10H,2-6H2,1H3,(H2,18,19,20,21). The van der Waals surface area contributed by atoms with E-state index in [0.29, 0.717) is 12.5 Å². The summed E-state index contributed by atoms with van der Waals surface area (Å²) in [4.78, 5) is 7.18. The second kappa shape index (κ2) is 5.35. The van der Waals surface area contributed by atoms with Gasteiger partial charge in [-0.25, -0.2) is 9.97 Å². The molecule has 116 valence electrons. The van der Waals surface area contributed by atoms with Crippen LogP contribution in [0.1, 0.15) is 38.4 Å². The first-order chi connectivity index (χ1) is 9.95. The second-order valence-electron chi connectivity index (χ2n) is 5.92. The van der Waals surface area contributed by atoms with Crippen LogP contribution < -0.4 is 10.6 Å². The van der Waals surface area contributed by atoms with E-state index in [1.165, 1.54) is 19.3 Å². The second-order valence-corrected chi connectivity index (χ2v) is 5.92. The Balaban J connectivity index is 1.81. The maximum atomic E-state index is 12.9. The number of nitrogens with zero attached hydrogens (tertiary/aromatic N) is 2. The molecule has 0 aromatic carbocycles. The molecule has 1 heterocycles. The van der Waals surface area contributed by atoms with Crippen molar-refractivity contribution >= 4 is 11.6 Å². The summed E-state index contributed by atoms with van der Waals surface area (Å²) in [7, 11) is 0. The number of hydrogen-bond donors (Lipinski definition) is 2. The minimum absolute atomic E-state index is 0.213.